The normalized spacial score (nSPS) is 20.9. The van der Waals surface area contributed by atoms with Gasteiger partial charge in [-0.25, -0.2) is 0 Å². The van der Waals surface area contributed by atoms with Gasteiger partial charge in [0, 0.05) is 25.2 Å². The van der Waals surface area contributed by atoms with Crippen LogP contribution in [-0.4, -0.2) is 35.6 Å². The number of carbonyl (C=O) groups is 1. The summed E-state index contributed by atoms with van der Waals surface area (Å²) in [6.45, 7) is 0.820. The molecular weight excluding hydrogens is 207 g/mol. The lowest BCUT2D eigenvalue weighted by Crippen LogP contribution is -2.51. The van der Waals surface area contributed by atoms with Crippen LogP contribution in [0.3, 0.4) is 0 Å². The first-order valence-corrected chi connectivity index (χ1v) is 5.82. The number of aromatic nitrogens is 1. The Bertz CT molecular complexity index is 405. The van der Waals surface area contributed by atoms with Crippen molar-refractivity contribution >= 4 is 5.91 Å². The molecule has 4 heteroatoms. The highest BCUT2D eigenvalue weighted by atomic mass is 19.1. The minimum atomic E-state index is -0.315. The first-order chi connectivity index (χ1) is 7.79. The van der Waals surface area contributed by atoms with Gasteiger partial charge in [-0.1, -0.05) is 0 Å². The largest absolute Gasteiger partial charge is 0.357 e. The van der Waals surface area contributed by atoms with Crippen molar-refractivity contribution in [2.24, 2.45) is 5.92 Å². The summed E-state index contributed by atoms with van der Waals surface area (Å²) in [5.74, 6) is 0.670. The number of hydrogen-bond donors (Lipinski definition) is 1. The van der Waals surface area contributed by atoms with E-state index >= 15 is 0 Å². The third-order valence-corrected chi connectivity index (χ3v) is 3.47. The number of aromatic amines is 1. The molecule has 0 atom stereocenters. The second kappa shape index (κ2) is 3.61. The number of amides is 1. The van der Waals surface area contributed by atoms with E-state index in [-0.39, 0.29) is 18.5 Å². The maximum absolute atomic E-state index is 12.3. The molecule has 0 radical (unpaired) electrons. The number of hydrogen-bond acceptors (Lipinski definition) is 1. The fourth-order valence-electron chi connectivity index (χ4n) is 2.29. The van der Waals surface area contributed by atoms with E-state index in [0.717, 1.165) is 11.3 Å². The molecule has 1 saturated carbocycles. The van der Waals surface area contributed by atoms with Crippen molar-refractivity contribution in [1.29, 1.82) is 0 Å². The Morgan fingerprint density at radius 2 is 2.25 bits per heavy atom. The Morgan fingerprint density at radius 1 is 1.50 bits per heavy atom. The highest BCUT2D eigenvalue weighted by Gasteiger charge is 2.35. The molecule has 2 fully saturated rings. The quantitative estimate of drug-likeness (QED) is 0.833. The van der Waals surface area contributed by atoms with E-state index in [1.807, 2.05) is 12.3 Å². The molecular formula is C12H15FN2O. The number of nitrogens with zero attached hydrogens (tertiary/aromatic N) is 1. The number of nitrogens with one attached hydrogen (secondary N) is 1. The summed E-state index contributed by atoms with van der Waals surface area (Å²) in [6, 6.07) is 2.00. The van der Waals surface area contributed by atoms with Crippen LogP contribution in [0.1, 0.15) is 34.8 Å². The van der Waals surface area contributed by atoms with Crippen LogP contribution in [0.4, 0.5) is 4.39 Å². The van der Waals surface area contributed by atoms with Crippen LogP contribution in [0.5, 0.6) is 0 Å². The molecule has 3 nitrogen and oxygen atoms in total. The Morgan fingerprint density at radius 3 is 2.88 bits per heavy atom. The molecule has 16 heavy (non-hydrogen) atoms. The SMILES string of the molecule is O=C(c1[nH]ccc1C1CC1)N1CC(CF)C1. The summed E-state index contributed by atoms with van der Waals surface area (Å²) in [5.41, 5.74) is 1.87. The summed E-state index contributed by atoms with van der Waals surface area (Å²) in [4.78, 5) is 16.8. The fourth-order valence-corrected chi connectivity index (χ4v) is 2.29. The summed E-state index contributed by atoms with van der Waals surface area (Å²) in [5, 5.41) is 0. The number of alkyl halides is 1. The average Bonchev–Trinajstić information content (AvgIpc) is 2.94. The number of H-pyrrole nitrogens is 1. The molecule has 3 rings (SSSR count). The Balaban J connectivity index is 1.72. The van der Waals surface area contributed by atoms with Gasteiger partial charge in [0.15, 0.2) is 0 Å². The van der Waals surface area contributed by atoms with Crippen molar-refractivity contribution in [1.82, 2.24) is 9.88 Å². The van der Waals surface area contributed by atoms with Crippen LogP contribution in [0, 0.1) is 5.92 Å². The lowest BCUT2D eigenvalue weighted by molar-refractivity contribution is 0.0446. The maximum atomic E-state index is 12.3. The van der Waals surface area contributed by atoms with Gasteiger partial charge in [0.2, 0.25) is 0 Å². The standard InChI is InChI=1S/C12H15FN2O/c13-5-8-6-15(7-8)12(16)11-10(3-4-14-11)9-1-2-9/h3-4,8-9,14H,1-2,5-7H2. The van der Waals surface area contributed by atoms with Crippen molar-refractivity contribution in [3.8, 4) is 0 Å². The van der Waals surface area contributed by atoms with E-state index < -0.39 is 0 Å². The first kappa shape index (κ1) is 9.87. The van der Waals surface area contributed by atoms with E-state index in [2.05, 4.69) is 4.98 Å². The fraction of sp³-hybridized carbons (Fsp3) is 0.583. The second-order valence-electron chi connectivity index (χ2n) is 4.81. The monoisotopic (exact) mass is 222 g/mol. The van der Waals surface area contributed by atoms with Crippen LogP contribution in [0.2, 0.25) is 0 Å². The average molecular weight is 222 g/mol. The molecule has 0 unspecified atom stereocenters. The molecule has 2 aliphatic rings. The van der Waals surface area contributed by atoms with E-state index in [1.165, 1.54) is 12.8 Å². The Labute approximate surface area is 93.6 Å². The molecule has 1 N–H and O–H groups in total. The van der Waals surface area contributed by atoms with Crippen molar-refractivity contribution in [3.05, 3.63) is 23.5 Å². The molecule has 0 spiro atoms. The predicted molar refractivity (Wildman–Crippen MR) is 58.1 cm³/mol. The highest BCUT2D eigenvalue weighted by molar-refractivity contribution is 5.94. The molecule has 1 aliphatic carbocycles. The van der Waals surface area contributed by atoms with Crippen molar-refractivity contribution in [3.63, 3.8) is 0 Å². The molecule has 1 aliphatic heterocycles. The van der Waals surface area contributed by atoms with E-state index in [9.17, 15) is 9.18 Å². The molecule has 86 valence electrons. The molecule has 1 saturated heterocycles. The summed E-state index contributed by atoms with van der Waals surface area (Å²) in [7, 11) is 0. The van der Waals surface area contributed by atoms with Crippen molar-refractivity contribution in [2.75, 3.05) is 19.8 Å². The van der Waals surface area contributed by atoms with Gasteiger partial charge < -0.3 is 9.88 Å². The summed E-state index contributed by atoms with van der Waals surface area (Å²) in [6.07, 6.45) is 4.20. The number of carbonyl (C=O) groups excluding carboxylic acids is 1. The molecule has 0 aromatic carbocycles. The van der Waals surface area contributed by atoms with Gasteiger partial charge in [-0.05, 0) is 30.4 Å². The minimum Gasteiger partial charge on any atom is -0.357 e. The number of rotatable bonds is 3. The first-order valence-electron chi connectivity index (χ1n) is 5.82. The third kappa shape index (κ3) is 1.52. The molecule has 2 heterocycles. The Hall–Kier alpha value is -1.32. The number of halogens is 1. The van der Waals surface area contributed by atoms with Gasteiger partial charge >= 0.3 is 0 Å². The zero-order valence-corrected chi connectivity index (χ0v) is 9.08. The lowest BCUT2D eigenvalue weighted by Gasteiger charge is -2.37. The zero-order chi connectivity index (χ0) is 11.1. The van der Waals surface area contributed by atoms with E-state index in [4.69, 9.17) is 0 Å². The van der Waals surface area contributed by atoms with Crippen LogP contribution in [-0.2, 0) is 0 Å². The van der Waals surface area contributed by atoms with Crippen LogP contribution in [0.15, 0.2) is 12.3 Å². The van der Waals surface area contributed by atoms with Crippen molar-refractivity contribution < 1.29 is 9.18 Å². The van der Waals surface area contributed by atoms with E-state index in [0.29, 0.717) is 19.0 Å². The van der Waals surface area contributed by atoms with Crippen LogP contribution >= 0.6 is 0 Å². The highest BCUT2D eigenvalue weighted by Crippen LogP contribution is 2.41. The van der Waals surface area contributed by atoms with E-state index in [1.54, 1.807) is 4.90 Å². The summed E-state index contributed by atoms with van der Waals surface area (Å²) >= 11 is 0. The minimum absolute atomic E-state index is 0.0385. The zero-order valence-electron chi connectivity index (χ0n) is 9.08. The smallest absolute Gasteiger partial charge is 0.270 e. The predicted octanol–water partition coefficient (Wildman–Crippen LogP) is 1.93. The van der Waals surface area contributed by atoms with Crippen LogP contribution < -0.4 is 0 Å². The van der Waals surface area contributed by atoms with Gasteiger partial charge in [-0.2, -0.15) is 0 Å². The second-order valence-corrected chi connectivity index (χ2v) is 4.81. The van der Waals surface area contributed by atoms with Crippen LogP contribution in [0.25, 0.3) is 0 Å². The van der Waals surface area contributed by atoms with Crippen molar-refractivity contribution in [2.45, 2.75) is 18.8 Å². The van der Waals surface area contributed by atoms with Gasteiger partial charge in [-0.15, -0.1) is 0 Å². The maximum Gasteiger partial charge on any atom is 0.270 e. The molecule has 1 amide bonds. The Kier molecular flexibility index (Phi) is 2.23. The summed E-state index contributed by atoms with van der Waals surface area (Å²) < 4.78 is 12.3. The topological polar surface area (TPSA) is 36.1 Å². The number of likely N-dealkylation sites (tertiary alicyclic amines) is 1. The van der Waals surface area contributed by atoms with Gasteiger partial charge in [-0.3, -0.25) is 9.18 Å². The third-order valence-electron chi connectivity index (χ3n) is 3.47. The lowest BCUT2D eigenvalue weighted by atomic mass is 10.0. The molecule has 1 aromatic rings. The molecule has 1 aromatic heterocycles. The van der Waals surface area contributed by atoms with Gasteiger partial charge in [0.25, 0.3) is 5.91 Å². The molecule has 0 bridgehead atoms. The van der Waals surface area contributed by atoms with Gasteiger partial charge in [0.05, 0.1) is 6.67 Å². The van der Waals surface area contributed by atoms with Gasteiger partial charge in [0.1, 0.15) is 5.69 Å².